The van der Waals surface area contributed by atoms with Crippen molar-refractivity contribution in [2.75, 3.05) is 31.1 Å². The number of anilines is 1. The number of nitrogens with zero attached hydrogens (tertiary/aromatic N) is 3. The van der Waals surface area contributed by atoms with Crippen LogP contribution in [0.2, 0.25) is 0 Å². The number of benzene rings is 2. The van der Waals surface area contributed by atoms with Crippen molar-refractivity contribution in [2.24, 2.45) is 0 Å². The summed E-state index contributed by atoms with van der Waals surface area (Å²) in [5.74, 6) is -0.487. The number of carboxylic acids is 1. The van der Waals surface area contributed by atoms with Crippen LogP contribution in [0.5, 0.6) is 5.75 Å². The number of carbonyl (C=O) groups is 1. The zero-order chi connectivity index (χ0) is 23.8. The maximum atomic E-state index is 13.0. The molecular formula is C23H24F3N3O3S. The van der Waals surface area contributed by atoms with E-state index in [9.17, 15) is 18.0 Å². The third-order valence-electron chi connectivity index (χ3n) is 5.54. The molecule has 0 saturated carbocycles. The Morgan fingerprint density at radius 3 is 2.73 bits per heavy atom. The molecule has 2 heterocycles. The van der Waals surface area contributed by atoms with Crippen LogP contribution in [0.3, 0.4) is 0 Å². The van der Waals surface area contributed by atoms with Crippen LogP contribution in [0.25, 0.3) is 10.2 Å². The monoisotopic (exact) mass is 479 g/mol. The highest BCUT2D eigenvalue weighted by Crippen LogP contribution is 2.36. The van der Waals surface area contributed by atoms with Gasteiger partial charge in [0.15, 0.2) is 11.7 Å². The standard InChI is InChI=1S/C23H24F3N3O3S/c1-14-7-16(9-18(8-14)32-13-21(30)31)12-28-5-6-29(15(2)11-28)22-27-19-4-3-17(23(24,25)26)10-20(19)33-22/h3-4,7-10,15H,5-6,11-13H2,1-2H3,(H,30,31)/t15-/m1/s1. The molecule has 1 aromatic heterocycles. The average molecular weight is 480 g/mol. The van der Waals surface area contributed by atoms with Crippen LogP contribution in [0.4, 0.5) is 18.3 Å². The summed E-state index contributed by atoms with van der Waals surface area (Å²) >= 11 is 1.29. The molecule has 176 valence electrons. The number of halogens is 3. The second kappa shape index (κ2) is 9.18. The van der Waals surface area contributed by atoms with Gasteiger partial charge in [0.05, 0.1) is 15.8 Å². The predicted octanol–water partition coefficient (Wildman–Crippen LogP) is 4.80. The van der Waals surface area contributed by atoms with Crippen molar-refractivity contribution in [3.63, 3.8) is 0 Å². The van der Waals surface area contributed by atoms with Gasteiger partial charge in [0.2, 0.25) is 0 Å². The van der Waals surface area contributed by atoms with Gasteiger partial charge in [0, 0.05) is 32.2 Å². The molecule has 33 heavy (non-hydrogen) atoms. The van der Waals surface area contributed by atoms with Crippen LogP contribution < -0.4 is 9.64 Å². The van der Waals surface area contributed by atoms with Gasteiger partial charge < -0.3 is 14.7 Å². The van der Waals surface area contributed by atoms with Gasteiger partial charge in [-0.05, 0) is 55.3 Å². The summed E-state index contributed by atoms with van der Waals surface area (Å²) in [5.41, 5.74) is 1.95. The number of hydrogen-bond acceptors (Lipinski definition) is 6. The molecule has 0 radical (unpaired) electrons. The van der Waals surface area contributed by atoms with Crippen molar-refractivity contribution in [3.05, 3.63) is 53.1 Å². The van der Waals surface area contributed by atoms with E-state index in [0.717, 1.165) is 35.4 Å². The first-order valence-corrected chi connectivity index (χ1v) is 11.3. The van der Waals surface area contributed by atoms with Gasteiger partial charge in [0.25, 0.3) is 0 Å². The largest absolute Gasteiger partial charge is 0.482 e. The number of aromatic nitrogens is 1. The summed E-state index contributed by atoms with van der Waals surface area (Å²) in [5, 5.41) is 9.56. The molecule has 2 aromatic carbocycles. The molecule has 1 atom stereocenters. The highest BCUT2D eigenvalue weighted by atomic mass is 32.1. The van der Waals surface area contributed by atoms with E-state index in [1.807, 2.05) is 19.1 Å². The fourth-order valence-corrected chi connectivity index (χ4v) is 5.21. The molecule has 1 saturated heterocycles. The van der Waals surface area contributed by atoms with E-state index in [2.05, 4.69) is 27.8 Å². The third kappa shape index (κ3) is 5.56. The van der Waals surface area contributed by atoms with Crippen molar-refractivity contribution in [3.8, 4) is 5.75 Å². The number of fused-ring (bicyclic) bond motifs is 1. The molecule has 1 N–H and O–H groups in total. The van der Waals surface area contributed by atoms with Crippen LogP contribution in [0.15, 0.2) is 36.4 Å². The Morgan fingerprint density at radius 1 is 1.24 bits per heavy atom. The summed E-state index contributed by atoms with van der Waals surface area (Å²) in [7, 11) is 0. The number of aryl methyl sites for hydroxylation is 1. The first-order chi connectivity index (χ1) is 15.6. The lowest BCUT2D eigenvalue weighted by molar-refractivity contribution is -0.139. The Morgan fingerprint density at radius 2 is 2.03 bits per heavy atom. The lowest BCUT2D eigenvalue weighted by Crippen LogP contribution is -2.51. The molecule has 10 heteroatoms. The van der Waals surface area contributed by atoms with Crippen LogP contribution in [0, 0.1) is 6.92 Å². The number of piperazine rings is 1. The fourth-order valence-electron chi connectivity index (χ4n) is 4.07. The van der Waals surface area contributed by atoms with E-state index < -0.39 is 17.7 Å². The van der Waals surface area contributed by atoms with Crippen LogP contribution in [-0.2, 0) is 17.5 Å². The second-order valence-electron chi connectivity index (χ2n) is 8.29. The molecule has 0 amide bonds. The predicted molar refractivity (Wildman–Crippen MR) is 121 cm³/mol. The third-order valence-corrected chi connectivity index (χ3v) is 6.60. The number of alkyl halides is 3. The summed E-state index contributed by atoms with van der Waals surface area (Å²) in [4.78, 5) is 19.8. The van der Waals surface area contributed by atoms with Gasteiger partial charge in [-0.2, -0.15) is 13.2 Å². The van der Waals surface area contributed by atoms with E-state index in [1.165, 1.54) is 23.5 Å². The van der Waals surface area contributed by atoms with Crippen molar-refractivity contribution >= 4 is 32.7 Å². The highest BCUT2D eigenvalue weighted by molar-refractivity contribution is 7.22. The topological polar surface area (TPSA) is 65.9 Å². The lowest BCUT2D eigenvalue weighted by Gasteiger charge is -2.39. The molecule has 0 unspecified atom stereocenters. The van der Waals surface area contributed by atoms with Crippen molar-refractivity contribution < 1.29 is 27.8 Å². The maximum absolute atomic E-state index is 13.0. The van der Waals surface area contributed by atoms with Crippen molar-refractivity contribution in [1.82, 2.24) is 9.88 Å². The molecule has 1 fully saturated rings. The van der Waals surface area contributed by atoms with Gasteiger partial charge in [-0.1, -0.05) is 17.4 Å². The van der Waals surface area contributed by atoms with Crippen LogP contribution in [-0.4, -0.2) is 53.2 Å². The average Bonchev–Trinajstić information content (AvgIpc) is 3.14. The number of rotatable bonds is 6. The van der Waals surface area contributed by atoms with Crippen molar-refractivity contribution in [1.29, 1.82) is 0 Å². The molecule has 0 spiro atoms. The van der Waals surface area contributed by atoms with Gasteiger partial charge in [-0.25, -0.2) is 9.78 Å². The molecule has 1 aliphatic heterocycles. The second-order valence-corrected chi connectivity index (χ2v) is 9.30. The molecule has 4 rings (SSSR count). The smallest absolute Gasteiger partial charge is 0.416 e. The number of carboxylic acid groups (broad SMARTS) is 1. The Bertz CT molecular complexity index is 1160. The minimum Gasteiger partial charge on any atom is -0.482 e. The quantitative estimate of drug-likeness (QED) is 0.548. The van der Waals surface area contributed by atoms with E-state index in [4.69, 9.17) is 9.84 Å². The summed E-state index contributed by atoms with van der Waals surface area (Å²) in [6, 6.07) is 9.53. The van der Waals surface area contributed by atoms with Crippen LogP contribution >= 0.6 is 11.3 Å². The SMILES string of the molecule is Cc1cc(CN2CCN(c3nc4ccc(C(F)(F)F)cc4s3)[C@H](C)C2)cc(OCC(=O)O)c1. The molecular weight excluding hydrogens is 455 g/mol. The summed E-state index contributed by atoms with van der Waals surface area (Å²) < 4.78 is 44.9. The van der Waals surface area contributed by atoms with E-state index in [1.54, 1.807) is 0 Å². The molecule has 6 nitrogen and oxygen atoms in total. The Kier molecular flexibility index (Phi) is 6.49. The van der Waals surface area contributed by atoms with Crippen LogP contribution in [0.1, 0.15) is 23.6 Å². The van der Waals surface area contributed by atoms with Gasteiger partial charge in [-0.3, -0.25) is 4.90 Å². The number of hydrogen-bond donors (Lipinski definition) is 1. The first-order valence-electron chi connectivity index (χ1n) is 10.5. The number of thiazole rings is 1. The minimum atomic E-state index is -4.37. The normalized spacial score (nSPS) is 17.5. The summed E-state index contributed by atoms with van der Waals surface area (Å²) in [6.45, 7) is 6.58. The Balaban J connectivity index is 1.43. The molecule has 1 aliphatic rings. The Hall–Kier alpha value is -2.85. The van der Waals surface area contributed by atoms with Gasteiger partial charge >= 0.3 is 12.1 Å². The zero-order valence-electron chi connectivity index (χ0n) is 18.2. The molecule has 0 aliphatic carbocycles. The van der Waals surface area contributed by atoms with Gasteiger partial charge in [-0.15, -0.1) is 0 Å². The lowest BCUT2D eigenvalue weighted by atomic mass is 10.1. The van der Waals surface area contributed by atoms with E-state index in [-0.39, 0.29) is 12.6 Å². The fraction of sp³-hybridized carbons (Fsp3) is 0.391. The van der Waals surface area contributed by atoms with Gasteiger partial charge in [0.1, 0.15) is 5.75 Å². The van der Waals surface area contributed by atoms with Crippen molar-refractivity contribution in [2.45, 2.75) is 32.6 Å². The maximum Gasteiger partial charge on any atom is 0.416 e. The zero-order valence-corrected chi connectivity index (χ0v) is 19.0. The number of ether oxygens (including phenoxy) is 1. The minimum absolute atomic E-state index is 0.133. The first kappa shape index (κ1) is 23.3. The Labute approximate surface area is 193 Å². The highest BCUT2D eigenvalue weighted by Gasteiger charge is 2.31. The molecule has 3 aromatic rings. The van der Waals surface area contributed by atoms with E-state index >= 15 is 0 Å². The summed E-state index contributed by atoms with van der Waals surface area (Å²) in [6.07, 6.45) is -4.37. The van der Waals surface area contributed by atoms with E-state index in [0.29, 0.717) is 29.1 Å². The number of aliphatic carboxylic acids is 1. The molecule has 0 bridgehead atoms.